The number of para-hydroxylation sites is 1. The highest BCUT2D eigenvalue weighted by Crippen LogP contribution is 2.18. The lowest BCUT2D eigenvalue weighted by Gasteiger charge is -1.96. The van der Waals surface area contributed by atoms with Gasteiger partial charge in [0.15, 0.2) is 0 Å². The average Bonchev–Trinajstić information content (AvgIpc) is 2.45. The molecule has 1 aromatic carbocycles. The van der Waals surface area contributed by atoms with E-state index in [-0.39, 0.29) is 11.6 Å². The normalized spacial score (nSPS) is 11.1. The molecular formula is C14H17N3O3. The second-order valence-electron chi connectivity index (χ2n) is 4.09. The van der Waals surface area contributed by atoms with E-state index in [9.17, 15) is 14.9 Å². The molecule has 0 bridgehead atoms. The minimum Gasteiger partial charge on any atom is -0.273 e. The van der Waals surface area contributed by atoms with Crippen molar-refractivity contribution < 1.29 is 9.72 Å². The van der Waals surface area contributed by atoms with Crippen molar-refractivity contribution in [1.29, 1.82) is 0 Å². The van der Waals surface area contributed by atoms with Crippen LogP contribution in [-0.2, 0) is 4.79 Å². The Morgan fingerprint density at radius 3 is 2.90 bits per heavy atom. The summed E-state index contributed by atoms with van der Waals surface area (Å²) >= 11 is 0. The fourth-order valence-corrected chi connectivity index (χ4v) is 1.49. The van der Waals surface area contributed by atoms with Crippen LogP contribution in [0.3, 0.4) is 0 Å². The Hall–Kier alpha value is -2.50. The highest BCUT2D eigenvalue weighted by molar-refractivity contribution is 5.82. The van der Waals surface area contributed by atoms with Gasteiger partial charge >= 0.3 is 0 Å². The third kappa shape index (κ3) is 5.43. The van der Waals surface area contributed by atoms with E-state index in [0.717, 1.165) is 12.8 Å². The number of nitrogens with one attached hydrogen (secondary N) is 1. The van der Waals surface area contributed by atoms with Crippen LogP contribution in [0.25, 0.3) is 6.08 Å². The van der Waals surface area contributed by atoms with E-state index < -0.39 is 4.92 Å². The first-order valence-electron chi connectivity index (χ1n) is 6.37. The van der Waals surface area contributed by atoms with Crippen molar-refractivity contribution in [3.63, 3.8) is 0 Å². The fourth-order valence-electron chi connectivity index (χ4n) is 1.49. The molecule has 1 N–H and O–H groups in total. The van der Waals surface area contributed by atoms with Gasteiger partial charge in [-0.05, 0) is 24.6 Å². The van der Waals surface area contributed by atoms with Crippen molar-refractivity contribution in [2.75, 3.05) is 0 Å². The maximum atomic E-state index is 11.2. The van der Waals surface area contributed by atoms with E-state index >= 15 is 0 Å². The monoisotopic (exact) mass is 275 g/mol. The largest absolute Gasteiger partial charge is 0.276 e. The SMILES string of the molecule is CCCCC(=O)N/N=C/C=C\c1ccccc1[N+](=O)[O-]. The van der Waals surface area contributed by atoms with Gasteiger partial charge in [0.2, 0.25) is 5.91 Å². The molecule has 0 aromatic heterocycles. The van der Waals surface area contributed by atoms with Gasteiger partial charge in [-0.15, -0.1) is 0 Å². The Kier molecular flexibility index (Phi) is 6.67. The van der Waals surface area contributed by atoms with Gasteiger partial charge in [-0.1, -0.05) is 25.5 Å². The highest BCUT2D eigenvalue weighted by Gasteiger charge is 2.08. The van der Waals surface area contributed by atoms with E-state index in [4.69, 9.17) is 0 Å². The zero-order chi connectivity index (χ0) is 14.8. The molecule has 20 heavy (non-hydrogen) atoms. The number of carbonyl (C=O) groups excluding carboxylic acids is 1. The smallest absolute Gasteiger partial charge is 0.273 e. The van der Waals surface area contributed by atoms with Crippen molar-refractivity contribution in [3.05, 3.63) is 46.0 Å². The number of nitrogens with zero attached hydrogens (tertiary/aromatic N) is 2. The van der Waals surface area contributed by atoms with Crippen LogP contribution in [0.2, 0.25) is 0 Å². The maximum Gasteiger partial charge on any atom is 0.276 e. The molecule has 1 rings (SSSR count). The van der Waals surface area contributed by atoms with Crippen LogP contribution in [-0.4, -0.2) is 17.0 Å². The number of hydrogen-bond donors (Lipinski definition) is 1. The van der Waals surface area contributed by atoms with Gasteiger partial charge < -0.3 is 0 Å². The van der Waals surface area contributed by atoms with Crippen LogP contribution in [0.5, 0.6) is 0 Å². The van der Waals surface area contributed by atoms with Gasteiger partial charge in [0, 0.05) is 18.7 Å². The number of amides is 1. The third-order valence-corrected chi connectivity index (χ3v) is 2.52. The quantitative estimate of drug-likeness (QED) is 0.471. The first-order chi connectivity index (χ1) is 9.65. The third-order valence-electron chi connectivity index (χ3n) is 2.52. The molecule has 0 saturated carbocycles. The van der Waals surface area contributed by atoms with Gasteiger partial charge in [0.05, 0.1) is 10.5 Å². The molecule has 0 spiro atoms. The van der Waals surface area contributed by atoms with Gasteiger partial charge in [0.1, 0.15) is 0 Å². The van der Waals surface area contributed by atoms with E-state index in [1.165, 1.54) is 12.3 Å². The average molecular weight is 275 g/mol. The van der Waals surface area contributed by atoms with Crippen LogP contribution in [0.1, 0.15) is 31.7 Å². The van der Waals surface area contributed by atoms with E-state index in [2.05, 4.69) is 10.5 Å². The van der Waals surface area contributed by atoms with Gasteiger partial charge in [-0.2, -0.15) is 5.10 Å². The summed E-state index contributed by atoms with van der Waals surface area (Å²) in [4.78, 5) is 21.6. The van der Waals surface area contributed by atoms with Gasteiger partial charge in [0.25, 0.3) is 5.69 Å². The number of rotatable bonds is 7. The van der Waals surface area contributed by atoms with Crippen molar-refractivity contribution >= 4 is 23.9 Å². The summed E-state index contributed by atoms with van der Waals surface area (Å²) in [6, 6.07) is 6.40. The molecule has 0 aliphatic rings. The molecule has 0 fully saturated rings. The molecule has 0 heterocycles. The summed E-state index contributed by atoms with van der Waals surface area (Å²) in [5.41, 5.74) is 2.91. The zero-order valence-corrected chi connectivity index (χ0v) is 11.3. The van der Waals surface area contributed by atoms with Crippen LogP contribution >= 0.6 is 0 Å². The standard InChI is InChI=1S/C14H17N3O3/c1-2-3-10-14(18)16-15-11-6-8-12-7-4-5-9-13(12)17(19)20/h4-9,11H,2-3,10H2,1H3,(H,16,18)/b8-6-,15-11+. The highest BCUT2D eigenvalue weighted by atomic mass is 16.6. The predicted molar refractivity (Wildman–Crippen MR) is 78.3 cm³/mol. The first kappa shape index (κ1) is 15.6. The minimum atomic E-state index is -0.441. The molecule has 0 aliphatic heterocycles. The summed E-state index contributed by atoms with van der Waals surface area (Å²) in [5, 5.41) is 14.5. The zero-order valence-electron chi connectivity index (χ0n) is 11.3. The molecule has 0 unspecified atom stereocenters. The lowest BCUT2D eigenvalue weighted by atomic mass is 10.2. The molecule has 1 aromatic rings. The number of carbonyl (C=O) groups is 1. The van der Waals surface area contributed by atoms with Gasteiger partial charge in [-0.25, -0.2) is 5.43 Å². The number of nitro groups is 1. The van der Waals surface area contributed by atoms with Crippen molar-refractivity contribution in [2.24, 2.45) is 5.10 Å². The number of hydrazone groups is 1. The van der Waals surface area contributed by atoms with E-state index in [0.29, 0.717) is 12.0 Å². The molecule has 0 aliphatic carbocycles. The Morgan fingerprint density at radius 1 is 1.45 bits per heavy atom. The maximum absolute atomic E-state index is 11.2. The Morgan fingerprint density at radius 2 is 2.20 bits per heavy atom. The summed E-state index contributed by atoms with van der Waals surface area (Å²) < 4.78 is 0. The molecule has 0 atom stereocenters. The van der Waals surface area contributed by atoms with Crippen molar-refractivity contribution in [1.82, 2.24) is 5.43 Å². The van der Waals surface area contributed by atoms with E-state index in [1.807, 2.05) is 6.92 Å². The summed E-state index contributed by atoms with van der Waals surface area (Å²) in [7, 11) is 0. The Balaban J connectivity index is 2.53. The van der Waals surface area contributed by atoms with Crippen LogP contribution in [0.15, 0.2) is 35.4 Å². The second kappa shape index (κ2) is 8.58. The summed E-state index contributed by atoms with van der Waals surface area (Å²) in [6.07, 6.45) is 6.73. The topological polar surface area (TPSA) is 84.6 Å². The second-order valence-corrected chi connectivity index (χ2v) is 4.09. The number of benzene rings is 1. The molecule has 0 saturated heterocycles. The lowest BCUT2D eigenvalue weighted by Crippen LogP contribution is -2.16. The summed E-state index contributed by atoms with van der Waals surface area (Å²) in [6.45, 7) is 2.01. The number of hydrogen-bond acceptors (Lipinski definition) is 4. The number of nitro benzene ring substituents is 1. The lowest BCUT2D eigenvalue weighted by molar-refractivity contribution is -0.385. The Bertz CT molecular complexity index is 524. The molecule has 1 amide bonds. The van der Waals surface area contributed by atoms with Crippen LogP contribution in [0, 0.1) is 10.1 Å². The molecule has 106 valence electrons. The molecular weight excluding hydrogens is 258 g/mol. The van der Waals surface area contributed by atoms with Crippen LogP contribution < -0.4 is 5.43 Å². The summed E-state index contributed by atoms with van der Waals surface area (Å²) in [5.74, 6) is -0.137. The fraction of sp³-hybridized carbons (Fsp3) is 0.286. The minimum absolute atomic E-state index is 0.0316. The Labute approximate surface area is 117 Å². The van der Waals surface area contributed by atoms with Crippen molar-refractivity contribution in [2.45, 2.75) is 26.2 Å². The predicted octanol–water partition coefficient (Wildman–Crippen LogP) is 2.90. The number of unbranched alkanes of at least 4 members (excludes halogenated alkanes) is 1. The molecule has 6 nitrogen and oxygen atoms in total. The van der Waals surface area contributed by atoms with Crippen molar-refractivity contribution in [3.8, 4) is 0 Å². The first-order valence-corrected chi connectivity index (χ1v) is 6.37. The molecule has 0 radical (unpaired) electrons. The number of allylic oxidation sites excluding steroid dienone is 1. The molecule has 6 heteroatoms. The van der Waals surface area contributed by atoms with E-state index in [1.54, 1.807) is 30.4 Å². The van der Waals surface area contributed by atoms with Gasteiger partial charge in [-0.3, -0.25) is 14.9 Å². The van der Waals surface area contributed by atoms with Crippen LogP contribution in [0.4, 0.5) is 5.69 Å².